The molecule has 3 heteroatoms. The molecule has 3 fully saturated rings. The van der Waals surface area contributed by atoms with Crippen molar-refractivity contribution in [3.05, 3.63) is 29.8 Å². The summed E-state index contributed by atoms with van der Waals surface area (Å²) < 4.78 is 6.56. The molecular formula is C20H28N2O. The molecule has 1 aromatic carbocycles. The molecule has 124 valence electrons. The molecule has 1 spiro atoms. The molecule has 0 amide bonds. The minimum atomic E-state index is 0.0583. The van der Waals surface area contributed by atoms with Gasteiger partial charge in [-0.15, -0.1) is 0 Å². The van der Waals surface area contributed by atoms with Crippen LogP contribution >= 0.6 is 0 Å². The standard InChI is InChI=1S/C20H28N2O/c1-2-4-19-18(3-1)13-23-20(15-22(19)12-17-7-8-17)9-10-21(14-20)11-16-5-6-16/h1-4,16-17H,5-15H2. The van der Waals surface area contributed by atoms with Crippen LogP contribution in [0.4, 0.5) is 5.69 Å². The molecule has 4 aliphatic rings. The Hall–Kier alpha value is -1.06. The number of benzene rings is 1. The maximum atomic E-state index is 6.56. The van der Waals surface area contributed by atoms with Crippen molar-refractivity contribution >= 4 is 5.69 Å². The predicted molar refractivity (Wildman–Crippen MR) is 92.7 cm³/mol. The fraction of sp³-hybridized carbons (Fsp3) is 0.700. The summed E-state index contributed by atoms with van der Waals surface area (Å²) in [6.45, 7) is 6.77. The molecule has 1 atom stereocenters. The number of rotatable bonds is 4. The van der Waals surface area contributed by atoms with Gasteiger partial charge in [0.15, 0.2) is 0 Å². The molecule has 2 saturated carbocycles. The summed E-state index contributed by atoms with van der Waals surface area (Å²) >= 11 is 0. The first-order valence-corrected chi connectivity index (χ1v) is 9.49. The van der Waals surface area contributed by atoms with E-state index in [4.69, 9.17) is 4.74 Å². The van der Waals surface area contributed by atoms with Gasteiger partial charge in [-0.3, -0.25) is 0 Å². The third-order valence-electron chi connectivity index (χ3n) is 6.13. The van der Waals surface area contributed by atoms with E-state index in [1.807, 2.05) is 0 Å². The second-order valence-corrected chi connectivity index (χ2v) is 8.35. The first kappa shape index (κ1) is 14.3. The van der Waals surface area contributed by atoms with Crippen LogP contribution in [-0.4, -0.2) is 43.2 Å². The Labute approximate surface area is 139 Å². The average Bonchev–Trinajstić information content (AvgIpc) is 3.46. The van der Waals surface area contributed by atoms with Crippen LogP contribution in [0.1, 0.15) is 37.7 Å². The highest BCUT2D eigenvalue weighted by atomic mass is 16.5. The number of ether oxygens (including phenoxy) is 1. The second kappa shape index (κ2) is 5.49. The van der Waals surface area contributed by atoms with Crippen molar-refractivity contribution in [3.8, 4) is 0 Å². The Bertz CT molecular complexity index is 581. The Morgan fingerprint density at radius 3 is 2.61 bits per heavy atom. The minimum Gasteiger partial charge on any atom is -0.368 e. The van der Waals surface area contributed by atoms with Crippen LogP contribution in [0.5, 0.6) is 0 Å². The maximum absolute atomic E-state index is 6.56. The predicted octanol–water partition coefficient (Wildman–Crippen LogP) is 3.29. The van der Waals surface area contributed by atoms with Crippen molar-refractivity contribution in [2.24, 2.45) is 11.8 Å². The lowest BCUT2D eigenvalue weighted by Gasteiger charge is -2.34. The van der Waals surface area contributed by atoms with Gasteiger partial charge in [0.2, 0.25) is 0 Å². The van der Waals surface area contributed by atoms with Crippen LogP contribution in [0.3, 0.4) is 0 Å². The summed E-state index contributed by atoms with van der Waals surface area (Å²) in [5.41, 5.74) is 2.87. The van der Waals surface area contributed by atoms with Gasteiger partial charge in [0.05, 0.1) is 12.2 Å². The van der Waals surface area contributed by atoms with Gasteiger partial charge in [0.25, 0.3) is 0 Å². The van der Waals surface area contributed by atoms with E-state index < -0.39 is 0 Å². The Balaban J connectivity index is 1.37. The summed E-state index contributed by atoms with van der Waals surface area (Å²) in [6.07, 6.45) is 6.93. The van der Waals surface area contributed by atoms with E-state index >= 15 is 0 Å². The van der Waals surface area contributed by atoms with Crippen molar-refractivity contribution in [2.75, 3.05) is 37.6 Å². The first-order valence-electron chi connectivity index (χ1n) is 9.49. The number of likely N-dealkylation sites (tertiary alicyclic amines) is 1. The van der Waals surface area contributed by atoms with E-state index in [1.165, 1.54) is 63.0 Å². The molecule has 1 aromatic rings. The molecule has 0 radical (unpaired) electrons. The molecule has 0 aromatic heterocycles. The third kappa shape index (κ3) is 3.01. The first-order chi connectivity index (χ1) is 11.3. The maximum Gasteiger partial charge on any atom is 0.0999 e. The highest BCUT2D eigenvalue weighted by molar-refractivity contribution is 5.54. The molecule has 23 heavy (non-hydrogen) atoms. The number of para-hydroxylation sites is 1. The van der Waals surface area contributed by atoms with E-state index in [0.29, 0.717) is 0 Å². The molecular weight excluding hydrogens is 284 g/mol. The molecule has 0 N–H and O–H groups in total. The Kier molecular flexibility index (Phi) is 3.41. The molecule has 1 saturated heterocycles. The highest BCUT2D eigenvalue weighted by Crippen LogP contribution is 2.39. The van der Waals surface area contributed by atoms with Gasteiger partial charge < -0.3 is 14.5 Å². The smallest absolute Gasteiger partial charge is 0.0999 e. The van der Waals surface area contributed by atoms with Crippen LogP contribution in [0.25, 0.3) is 0 Å². The van der Waals surface area contributed by atoms with E-state index in [2.05, 4.69) is 34.1 Å². The zero-order valence-electron chi connectivity index (χ0n) is 14.0. The van der Waals surface area contributed by atoms with Gasteiger partial charge in [0, 0.05) is 44.0 Å². The van der Waals surface area contributed by atoms with Gasteiger partial charge >= 0.3 is 0 Å². The van der Waals surface area contributed by atoms with Gasteiger partial charge in [-0.2, -0.15) is 0 Å². The SMILES string of the molecule is c1ccc2c(c1)COC1(CCN(CC3CC3)C1)CN2CC1CC1. The van der Waals surface area contributed by atoms with Crippen molar-refractivity contribution in [3.63, 3.8) is 0 Å². The summed E-state index contributed by atoms with van der Waals surface area (Å²) in [4.78, 5) is 5.32. The fourth-order valence-corrected chi connectivity index (χ4v) is 4.42. The number of fused-ring (bicyclic) bond motifs is 1. The quantitative estimate of drug-likeness (QED) is 0.848. The van der Waals surface area contributed by atoms with Crippen LogP contribution < -0.4 is 4.90 Å². The van der Waals surface area contributed by atoms with E-state index in [1.54, 1.807) is 0 Å². The van der Waals surface area contributed by atoms with Gasteiger partial charge in [-0.05, 0) is 50.0 Å². The normalized spacial score (nSPS) is 31.4. The van der Waals surface area contributed by atoms with Gasteiger partial charge in [-0.1, -0.05) is 18.2 Å². The summed E-state index contributed by atoms with van der Waals surface area (Å²) in [7, 11) is 0. The monoisotopic (exact) mass is 312 g/mol. The van der Waals surface area contributed by atoms with E-state index in [0.717, 1.165) is 31.5 Å². The van der Waals surface area contributed by atoms with E-state index in [9.17, 15) is 0 Å². The molecule has 5 rings (SSSR count). The topological polar surface area (TPSA) is 15.7 Å². The number of hydrogen-bond donors (Lipinski definition) is 0. The van der Waals surface area contributed by atoms with Crippen LogP contribution in [-0.2, 0) is 11.3 Å². The minimum absolute atomic E-state index is 0.0583. The summed E-state index contributed by atoms with van der Waals surface area (Å²) in [6, 6.07) is 8.90. The average molecular weight is 312 g/mol. The third-order valence-corrected chi connectivity index (χ3v) is 6.13. The fourth-order valence-electron chi connectivity index (χ4n) is 4.42. The van der Waals surface area contributed by atoms with Crippen molar-refractivity contribution in [1.82, 2.24) is 4.90 Å². The van der Waals surface area contributed by atoms with E-state index in [-0.39, 0.29) is 5.60 Å². The molecule has 2 aliphatic heterocycles. The zero-order valence-corrected chi connectivity index (χ0v) is 14.0. The number of nitrogens with zero attached hydrogens (tertiary/aromatic N) is 2. The highest BCUT2D eigenvalue weighted by Gasteiger charge is 2.44. The van der Waals surface area contributed by atoms with Crippen molar-refractivity contribution < 1.29 is 4.74 Å². The Morgan fingerprint density at radius 1 is 1.00 bits per heavy atom. The zero-order chi connectivity index (χ0) is 15.3. The molecule has 0 bridgehead atoms. The lowest BCUT2D eigenvalue weighted by Crippen LogP contribution is -2.46. The van der Waals surface area contributed by atoms with Gasteiger partial charge in [-0.25, -0.2) is 0 Å². The largest absolute Gasteiger partial charge is 0.368 e. The summed E-state index contributed by atoms with van der Waals surface area (Å²) in [5, 5.41) is 0. The van der Waals surface area contributed by atoms with Gasteiger partial charge in [0.1, 0.15) is 0 Å². The number of anilines is 1. The number of hydrogen-bond acceptors (Lipinski definition) is 3. The summed E-state index contributed by atoms with van der Waals surface area (Å²) in [5.74, 6) is 1.90. The van der Waals surface area contributed by atoms with Crippen molar-refractivity contribution in [1.29, 1.82) is 0 Å². The molecule has 2 heterocycles. The molecule has 1 unspecified atom stereocenters. The van der Waals surface area contributed by atoms with Crippen LogP contribution in [0.2, 0.25) is 0 Å². The van der Waals surface area contributed by atoms with Crippen LogP contribution in [0, 0.1) is 11.8 Å². The van der Waals surface area contributed by atoms with Crippen LogP contribution in [0.15, 0.2) is 24.3 Å². The molecule has 3 nitrogen and oxygen atoms in total. The molecule has 2 aliphatic carbocycles. The lowest BCUT2D eigenvalue weighted by molar-refractivity contribution is -0.0390. The van der Waals surface area contributed by atoms with Crippen molar-refractivity contribution in [2.45, 2.75) is 44.3 Å². The lowest BCUT2D eigenvalue weighted by atomic mass is 10.0. The second-order valence-electron chi connectivity index (χ2n) is 8.35. The Morgan fingerprint density at radius 2 is 1.78 bits per heavy atom.